The molecule has 0 radical (unpaired) electrons. The summed E-state index contributed by atoms with van der Waals surface area (Å²) in [5, 5.41) is 9.24. The second kappa shape index (κ2) is 4.53. The van der Waals surface area contributed by atoms with Crippen molar-refractivity contribution in [2.45, 2.75) is 13.3 Å². The number of phenolic OH excluding ortho intramolecular Hbond substituents is 1. The molecule has 0 aliphatic carbocycles. The summed E-state index contributed by atoms with van der Waals surface area (Å²) in [5.74, 6) is 0.171. The fourth-order valence-corrected chi connectivity index (χ4v) is 2.47. The van der Waals surface area contributed by atoms with Gasteiger partial charge in [0.05, 0.1) is 11.4 Å². The average Bonchev–Trinajstić information content (AvgIpc) is 2.16. The summed E-state index contributed by atoms with van der Waals surface area (Å²) in [7, 11) is -1.77. The molecule has 0 atom stereocenters. The molecular weight excluding hydrogens is 214 g/mol. The zero-order valence-electron chi connectivity index (χ0n) is 8.84. The number of hydrogen-bond acceptors (Lipinski definition) is 3. The van der Waals surface area contributed by atoms with E-state index in [1.807, 2.05) is 6.92 Å². The Bertz CT molecular complexity index is 428. The zero-order chi connectivity index (χ0) is 11.5. The van der Waals surface area contributed by atoms with Crippen molar-refractivity contribution in [3.63, 3.8) is 0 Å². The summed E-state index contributed by atoms with van der Waals surface area (Å²) in [6, 6.07) is 6.19. The van der Waals surface area contributed by atoms with Gasteiger partial charge in [-0.25, -0.2) is 8.42 Å². The minimum Gasteiger partial charge on any atom is -0.508 e. The molecule has 0 aromatic heterocycles. The Morgan fingerprint density at radius 3 is 2.60 bits per heavy atom. The number of sulfonamides is 1. The van der Waals surface area contributed by atoms with E-state index in [0.29, 0.717) is 12.1 Å². The molecule has 0 heterocycles. The molecule has 0 fully saturated rings. The first-order chi connectivity index (χ1) is 6.97. The minimum absolute atomic E-state index is 0.0612. The van der Waals surface area contributed by atoms with Gasteiger partial charge in [0.1, 0.15) is 5.75 Å². The third-order valence-electron chi connectivity index (χ3n) is 2.07. The Morgan fingerprint density at radius 2 is 2.07 bits per heavy atom. The van der Waals surface area contributed by atoms with Gasteiger partial charge in [-0.2, -0.15) is 0 Å². The Labute approximate surface area is 90.2 Å². The molecule has 5 heteroatoms. The van der Waals surface area contributed by atoms with E-state index in [9.17, 15) is 13.5 Å². The zero-order valence-corrected chi connectivity index (χ0v) is 9.66. The Hall–Kier alpha value is -1.23. The average molecular weight is 229 g/mol. The van der Waals surface area contributed by atoms with Crippen molar-refractivity contribution in [3.05, 3.63) is 24.3 Å². The second-order valence-electron chi connectivity index (χ2n) is 3.30. The lowest BCUT2D eigenvalue weighted by atomic mass is 10.3. The number of nitrogens with zero attached hydrogens (tertiary/aromatic N) is 1. The third kappa shape index (κ3) is 2.86. The monoisotopic (exact) mass is 229 g/mol. The van der Waals surface area contributed by atoms with Gasteiger partial charge < -0.3 is 5.11 Å². The van der Waals surface area contributed by atoms with Crippen molar-refractivity contribution in [2.75, 3.05) is 17.1 Å². The van der Waals surface area contributed by atoms with Crippen molar-refractivity contribution >= 4 is 15.7 Å². The maximum absolute atomic E-state index is 11.7. The molecule has 1 aromatic rings. The molecule has 4 nitrogen and oxygen atoms in total. The molecule has 0 aliphatic heterocycles. The standard InChI is InChI=1S/C10H15NO3S/c1-3-7-15(13,14)11(2)9-5-4-6-10(12)8-9/h4-6,8,12H,3,7H2,1-2H3. The molecule has 0 saturated carbocycles. The third-order valence-corrected chi connectivity index (χ3v) is 4.04. The fourth-order valence-electron chi connectivity index (χ4n) is 1.24. The molecule has 15 heavy (non-hydrogen) atoms. The van der Waals surface area contributed by atoms with Crippen LogP contribution in [0.1, 0.15) is 13.3 Å². The lowest BCUT2D eigenvalue weighted by molar-refractivity contribution is 0.475. The van der Waals surface area contributed by atoms with Gasteiger partial charge in [-0.05, 0) is 18.6 Å². The van der Waals surface area contributed by atoms with Crippen molar-refractivity contribution in [1.82, 2.24) is 0 Å². The van der Waals surface area contributed by atoms with E-state index in [1.54, 1.807) is 12.1 Å². The van der Waals surface area contributed by atoms with Crippen LogP contribution in [0.2, 0.25) is 0 Å². The van der Waals surface area contributed by atoms with E-state index >= 15 is 0 Å². The van der Waals surface area contributed by atoms with Crippen molar-refractivity contribution < 1.29 is 13.5 Å². The predicted molar refractivity (Wildman–Crippen MR) is 60.6 cm³/mol. The van der Waals surface area contributed by atoms with Gasteiger partial charge in [-0.15, -0.1) is 0 Å². The maximum Gasteiger partial charge on any atom is 0.234 e. The van der Waals surface area contributed by atoms with Gasteiger partial charge in [0.15, 0.2) is 0 Å². The van der Waals surface area contributed by atoms with Crippen LogP contribution in [0.15, 0.2) is 24.3 Å². The van der Waals surface area contributed by atoms with Gasteiger partial charge in [0, 0.05) is 13.1 Å². The van der Waals surface area contributed by atoms with E-state index in [2.05, 4.69) is 0 Å². The molecule has 0 aliphatic rings. The van der Waals surface area contributed by atoms with Crippen LogP contribution < -0.4 is 4.31 Å². The van der Waals surface area contributed by atoms with Crippen molar-refractivity contribution in [1.29, 1.82) is 0 Å². The maximum atomic E-state index is 11.7. The highest BCUT2D eigenvalue weighted by Crippen LogP contribution is 2.21. The Kier molecular flexibility index (Phi) is 3.57. The smallest absolute Gasteiger partial charge is 0.234 e. The molecule has 0 unspecified atom stereocenters. The van der Waals surface area contributed by atoms with Crippen LogP contribution in [-0.4, -0.2) is 26.3 Å². The molecule has 1 rings (SSSR count). The molecule has 0 spiro atoms. The van der Waals surface area contributed by atoms with E-state index in [4.69, 9.17) is 0 Å². The van der Waals surface area contributed by atoms with Gasteiger partial charge >= 0.3 is 0 Å². The van der Waals surface area contributed by atoms with Crippen LogP contribution in [0.5, 0.6) is 5.75 Å². The highest BCUT2D eigenvalue weighted by Gasteiger charge is 2.16. The summed E-state index contributed by atoms with van der Waals surface area (Å²) >= 11 is 0. The second-order valence-corrected chi connectivity index (χ2v) is 5.42. The van der Waals surface area contributed by atoms with Gasteiger partial charge in [-0.3, -0.25) is 4.31 Å². The van der Waals surface area contributed by atoms with E-state index < -0.39 is 10.0 Å². The highest BCUT2D eigenvalue weighted by molar-refractivity contribution is 7.92. The molecule has 0 amide bonds. The fraction of sp³-hybridized carbons (Fsp3) is 0.400. The number of phenols is 1. The normalized spacial score (nSPS) is 11.3. The first-order valence-electron chi connectivity index (χ1n) is 4.73. The van der Waals surface area contributed by atoms with E-state index in [-0.39, 0.29) is 11.5 Å². The Balaban J connectivity index is 2.99. The highest BCUT2D eigenvalue weighted by atomic mass is 32.2. The molecule has 1 aromatic carbocycles. The number of anilines is 1. The molecule has 1 N–H and O–H groups in total. The van der Waals surface area contributed by atoms with Gasteiger partial charge in [0.25, 0.3) is 0 Å². The minimum atomic E-state index is -3.26. The Morgan fingerprint density at radius 1 is 1.40 bits per heavy atom. The summed E-state index contributed by atoms with van der Waals surface area (Å²) in [6.07, 6.45) is 0.575. The van der Waals surface area contributed by atoms with Gasteiger partial charge in [0.2, 0.25) is 10.0 Å². The van der Waals surface area contributed by atoms with Crippen LogP contribution in [0.3, 0.4) is 0 Å². The van der Waals surface area contributed by atoms with Crippen LogP contribution in [0, 0.1) is 0 Å². The van der Waals surface area contributed by atoms with Crippen LogP contribution in [0.4, 0.5) is 5.69 Å². The largest absolute Gasteiger partial charge is 0.508 e. The number of benzene rings is 1. The predicted octanol–water partition coefficient (Wildman–Crippen LogP) is 1.57. The molecule has 0 saturated heterocycles. The first kappa shape index (κ1) is 11.8. The molecular formula is C10H15NO3S. The topological polar surface area (TPSA) is 57.6 Å². The van der Waals surface area contributed by atoms with E-state index in [1.165, 1.54) is 23.5 Å². The van der Waals surface area contributed by atoms with E-state index in [0.717, 1.165) is 0 Å². The summed E-state index contributed by atoms with van der Waals surface area (Å²) < 4.78 is 24.6. The summed E-state index contributed by atoms with van der Waals surface area (Å²) in [4.78, 5) is 0. The number of hydrogen-bond donors (Lipinski definition) is 1. The first-order valence-corrected chi connectivity index (χ1v) is 6.34. The van der Waals surface area contributed by atoms with Crippen molar-refractivity contribution in [2.24, 2.45) is 0 Å². The van der Waals surface area contributed by atoms with Crippen LogP contribution in [0.25, 0.3) is 0 Å². The summed E-state index contributed by atoms with van der Waals surface area (Å²) in [6.45, 7) is 1.81. The van der Waals surface area contributed by atoms with Crippen LogP contribution in [-0.2, 0) is 10.0 Å². The lowest BCUT2D eigenvalue weighted by Crippen LogP contribution is -2.28. The number of aromatic hydroxyl groups is 1. The lowest BCUT2D eigenvalue weighted by Gasteiger charge is -2.18. The number of rotatable bonds is 4. The van der Waals surface area contributed by atoms with Gasteiger partial charge in [-0.1, -0.05) is 13.0 Å². The quantitative estimate of drug-likeness (QED) is 0.852. The molecule has 0 bridgehead atoms. The summed E-state index contributed by atoms with van der Waals surface area (Å²) in [5.41, 5.74) is 0.475. The molecule has 84 valence electrons. The van der Waals surface area contributed by atoms with Crippen LogP contribution >= 0.6 is 0 Å². The van der Waals surface area contributed by atoms with Crippen molar-refractivity contribution in [3.8, 4) is 5.75 Å². The SMILES string of the molecule is CCCS(=O)(=O)N(C)c1cccc(O)c1.